The Hall–Kier alpha value is -2.92. The maximum absolute atomic E-state index is 13.1. The monoisotopic (exact) mass is 373 g/mol. The summed E-state index contributed by atoms with van der Waals surface area (Å²) in [7, 11) is 2.12. The molecule has 0 bridgehead atoms. The molecule has 0 radical (unpaired) electrons. The predicted molar refractivity (Wildman–Crippen MR) is 112 cm³/mol. The first-order chi connectivity index (χ1) is 13.7. The van der Waals surface area contributed by atoms with Crippen molar-refractivity contribution in [2.75, 3.05) is 44.7 Å². The van der Waals surface area contributed by atoms with E-state index in [0.717, 1.165) is 65.2 Å². The lowest BCUT2D eigenvalue weighted by molar-refractivity contribution is 0.0527. The quantitative estimate of drug-likeness (QED) is 0.511. The number of esters is 1. The van der Waals surface area contributed by atoms with E-state index >= 15 is 0 Å². The number of ether oxygens (including phenoxy) is 1. The van der Waals surface area contributed by atoms with Gasteiger partial charge in [0.1, 0.15) is 11.4 Å². The molecule has 1 aromatic heterocycles. The fraction of sp³-hybridized carbons (Fsp3) is 0.304. The molecule has 1 aliphatic carbocycles. The second kappa shape index (κ2) is 6.60. The van der Waals surface area contributed by atoms with Gasteiger partial charge in [-0.25, -0.2) is 9.78 Å². The van der Waals surface area contributed by atoms with Crippen LogP contribution in [0.1, 0.15) is 17.3 Å². The van der Waals surface area contributed by atoms with E-state index in [1.165, 1.54) is 0 Å². The largest absolute Gasteiger partial charge is 0.462 e. The number of likely N-dealkylation sites (N-methyl/N-ethyl adjacent to an activating group) is 1. The summed E-state index contributed by atoms with van der Waals surface area (Å²) >= 11 is 0. The maximum atomic E-state index is 13.1. The topological polar surface area (TPSA) is 45.7 Å². The highest BCUT2D eigenvalue weighted by molar-refractivity contribution is 6.21. The number of anilines is 1. The fourth-order valence-electron chi connectivity index (χ4n) is 4.38. The van der Waals surface area contributed by atoms with E-state index in [4.69, 9.17) is 9.72 Å². The molecule has 0 spiro atoms. The number of hydrogen-bond acceptors (Lipinski definition) is 5. The van der Waals surface area contributed by atoms with E-state index < -0.39 is 0 Å². The van der Waals surface area contributed by atoms with E-state index in [9.17, 15) is 4.79 Å². The lowest BCUT2D eigenvalue weighted by atomic mass is 9.99. The van der Waals surface area contributed by atoms with Gasteiger partial charge >= 0.3 is 5.97 Å². The predicted octanol–water partition coefficient (Wildman–Crippen LogP) is 3.81. The Morgan fingerprint density at radius 3 is 2.46 bits per heavy atom. The van der Waals surface area contributed by atoms with E-state index in [2.05, 4.69) is 35.0 Å². The van der Waals surface area contributed by atoms with Gasteiger partial charge < -0.3 is 14.5 Å². The van der Waals surface area contributed by atoms with Crippen molar-refractivity contribution in [2.45, 2.75) is 6.92 Å². The third-order valence-electron chi connectivity index (χ3n) is 5.76. The first-order valence-electron chi connectivity index (χ1n) is 9.86. The van der Waals surface area contributed by atoms with Crippen molar-refractivity contribution in [3.8, 4) is 22.3 Å². The SMILES string of the molecule is CCOC(=O)c1c(N2CCN(C)CC2)nc2cccc3c2c1-c1ccccc1-3. The van der Waals surface area contributed by atoms with Crippen LogP contribution >= 0.6 is 0 Å². The van der Waals surface area contributed by atoms with E-state index in [1.807, 2.05) is 31.2 Å². The number of rotatable bonds is 3. The number of pyridine rings is 1. The molecule has 0 atom stereocenters. The highest BCUT2D eigenvalue weighted by atomic mass is 16.5. The number of carbonyl (C=O) groups excluding carboxylic acids is 1. The van der Waals surface area contributed by atoms with Crippen LogP contribution in [-0.4, -0.2) is 55.7 Å². The molecule has 5 heteroatoms. The molecule has 0 saturated carbocycles. The van der Waals surface area contributed by atoms with E-state index in [1.54, 1.807) is 0 Å². The standard InChI is InChI=1S/C23H23N3O2/c1-3-28-23(27)21-20-17-8-5-4-7-15(17)16-9-6-10-18(19(16)20)24-22(21)26-13-11-25(2)12-14-26/h4-10H,3,11-14H2,1-2H3. The van der Waals surface area contributed by atoms with E-state index in [-0.39, 0.29) is 5.97 Å². The van der Waals surface area contributed by atoms with Crippen molar-refractivity contribution >= 4 is 22.7 Å². The van der Waals surface area contributed by atoms with Crippen molar-refractivity contribution in [2.24, 2.45) is 0 Å². The number of aromatic nitrogens is 1. The highest BCUT2D eigenvalue weighted by Crippen LogP contribution is 2.50. The van der Waals surface area contributed by atoms with Crippen molar-refractivity contribution in [1.82, 2.24) is 9.88 Å². The van der Waals surface area contributed by atoms with Crippen LogP contribution in [-0.2, 0) is 4.74 Å². The molecular formula is C23H23N3O2. The molecular weight excluding hydrogens is 350 g/mol. The zero-order valence-electron chi connectivity index (χ0n) is 16.2. The number of carbonyl (C=O) groups is 1. The first kappa shape index (κ1) is 17.2. The molecule has 1 aliphatic heterocycles. The van der Waals surface area contributed by atoms with Gasteiger partial charge in [-0.3, -0.25) is 0 Å². The van der Waals surface area contributed by atoms with Crippen LogP contribution in [0.25, 0.3) is 33.2 Å². The molecule has 2 heterocycles. The van der Waals surface area contributed by atoms with Gasteiger partial charge in [0, 0.05) is 37.1 Å². The van der Waals surface area contributed by atoms with Crippen LogP contribution < -0.4 is 4.90 Å². The lowest BCUT2D eigenvalue weighted by Crippen LogP contribution is -2.45. The molecule has 3 aromatic rings. The Labute approximate surface area is 164 Å². The van der Waals surface area contributed by atoms with Gasteiger partial charge in [-0.05, 0) is 36.7 Å². The van der Waals surface area contributed by atoms with Crippen LogP contribution in [0.2, 0.25) is 0 Å². The molecule has 2 aromatic carbocycles. The van der Waals surface area contributed by atoms with Gasteiger partial charge in [0.15, 0.2) is 0 Å². The van der Waals surface area contributed by atoms with Gasteiger partial charge in [-0.15, -0.1) is 0 Å². The summed E-state index contributed by atoms with van der Waals surface area (Å²) in [5, 5.41) is 1.06. The van der Waals surface area contributed by atoms with Crippen LogP contribution in [0.3, 0.4) is 0 Å². The molecule has 1 saturated heterocycles. The smallest absolute Gasteiger partial charge is 0.342 e. The second-order valence-electron chi connectivity index (χ2n) is 7.44. The zero-order chi connectivity index (χ0) is 19.3. The van der Waals surface area contributed by atoms with Gasteiger partial charge in [-0.2, -0.15) is 0 Å². The molecule has 5 rings (SSSR count). The first-order valence-corrected chi connectivity index (χ1v) is 9.86. The van der Waals surface area contributed by atoms with Gasteiger partial charge in [0.05, 0.1) is 12.1 Å². The third kappa shape index (κ3) is 2.50. The number of benzene rings is 2. The minimum Gasteiger partial charge on any atom is -0.462 e. The minimum absolute atomic E-state index is 0.285. The number of piperazine rings is 1. The zero-order valence-corrected chi connectivity index (χ0v) is 16.2. The Balaban J connectivity index is 1.81. The summed E-state index contributed by atoms with van der Waals surface area (Å²) in [4.78, 5) is 22.6. The summed E-state index contributed by atoms with van der Waals surface area (Å²) in [5.41, 5.74) is 5.91. The third-order valence-corrected chi connectivity index (χ3v) is 5.76. The van der Waals surface area contributed by atoms with Gasteiger partial charge in [0.2, 0.25) is 0 Å². The van der Waals surface area contributed by atoms with Crippen molar-refractivity contribution in [1.29, 1.82) is 0 Å². The summed E-state index contributed by atoms with van der Waals surface area (Å²) in [5.74, 6) is 0.468. The van der Waals surface area contributed by atoms with Crippen molar-refractivity contribution < 1.29 is 9.53 Å². The second-order valence-corrected chi connectivity index (χ2v) is 7.44. The van der Waals surface area contributed by atoms with Crippen molar-refractivity contribution in [3.05, 3.63) is 48.0 Å². The normalized spacial score (nSPS) is 15.7. The molecule has 0 unspecified atom stereocenters. The molecule has 2 aliphatic rings. The van der Waals surface area contributed by atoms with Crippen molar-refractivity contribution in [3.63, 3.8) is 0 Å². The van der Waals surface area contributed by atoms with Crippen LogP contribution in [0, 0.1) is 0 Å². The summed E-state index contributed by atoms with van der Waals surface area (Å²) < 4.78 is 5.49. The summed E-state index contributed by atoms with van der Waals surface area (Å²) in [6.45, 7) is 5.80. The Bertz CT molecular complexity index is 1080. The minimum atomic E-state index is -0.285. The van der Waals surface area contributed by atoms with E-state index in [0.29, 0.717) is 12.2 Å². The molecule has 28 heavy (non-hydrogen) atoms. The van der Waals surface area contributed by atoms with Crippen LogP contribution in [0.15, 0.2) is 42.5 Å². The summed E-state index contributed by atoms with van der Waals surface area (Å²) in [6.07, 6.45) is 0. The van der Waals surface area contributed by atoms with Gasteiger partial charge in [0.25, 0.3) is 0 Å². The van der Waals surface area contributed by atoms with Gasteiger partial charge in [-0.1, -0.05) is 36.4 Å². The Morgan fingerprint density at radius 1 is 1.00 bits per heavy atom. The average Bonchev–Trinajstić information content (AvgIpc) is 3.05. The number of nitrogens with zero attached hydrogens (tertiary/aromatic N) is 3. The molecule has 0 amide bonds. The van der Waals surface area contributed by atoms with Crippen LogP contribution in [0.5, 0.6) is 0 Å². The number of hydrogen-bond donors (Lipinski definition) is 0. The fourth-order valence-corrected chi connectivity index (χ4v) is 4.38. The lowest BCUT2D eigenvalue weighted by Gasteiger charge is -2.34. The molecule has 5 nitrogen and oxygen atoms in total. The highest BCUT2D eigenvalue weighted by Gasteiger charge is 2.32. The maximum Gasteiger partial charge on any atom is 0.342 e. The van der Waals surface area contributed by atoms with Crippen LogP contribution in [0.4, 0.5) is 5.82 Å². The average molecular weight is 373 g/mol. The Morgan fingerprint density at radius 2 is 1.71 bits per heavy atom. The summed E-state index contributed by atoms with van der Waals surface area (Å²) in [6, 6.07) is 14.5. The Kier molecular flexibility index (Phi) is 4.05. The number of fused-ring (bicyclic) bond motifs is 3. The molecule has 142 valence electrons. The molecule has 1 fully saturated rings. The molecule has 0 N–H and O–H groups in total.